The first-order chi connectivity index (χ1) is 8.83. The fraction of sp³-hybridized carbons (Fsp3) is 0.643. The van der Waals surface area contributed by atoms with Crippen molar-refractivity contribution in [3.63, 3.8) is 0 Å². The SMILES string of the molecule is CCC(CN)N1CCN(Cc2ccncc2)CC1. The monoisotopic (exact) mass is 248 g/mol. The smallest absolute Gasteiger partial charge is 0.0271 e. The standard InChI is InChI=1S/C14H24N4/c1-2-14(11-15)18-9-7-17(8-10-18)12-13-3-5-16-6-4-13/h3-6,14H,2,7-12,15H2,1H3. The number of aromatic nitrogens is 1. The first-order valence-corrected chi connectivity index (χ1v) is 6.89. The zero-order chi connectivity index (χ0) is 12.8. The van der Waals surface area contributed by atoms with Gasteiger partial charge in [0.05, 0.1) is 0 Å². The number of pyridine rings is 1. The van der Waals surface area contributed by atoms with Gasteiger partial charge in [-0.3, -0.25) is 14.8 Å². The van der Waals surface area contributed by atoms with E-state index in [9.17, 15) is 0 Å². The van der Waals surface area contributed by atoms with Gasteiger partial charge in [0.25, 0.3) is 0 Å². The van der Waals surface area contributed by atoms with Crippen LogP contribution >= 0.6 is 0 Å². The van der Waals surface area contributed by atoms with Crippen molar-refractivity contribution in [2.75, 3.05) is 32.7 Å². The predicted octanol–water partition coefficient (Wildman–Crippen LogP) is 0.936. The Morgan fingerprint density at radius 2 is 1.89 bits per heavy atom. The van der Waals surface area contributed by atoms with Gasteiger partial charge in [0.2, 0.25) is 0 Å². The second-order valence-electron chi connectivity index (χ2n) is 4.97. The molecule has 0 aliphatic carbocycles. The van der Waals surface area contributed by atoms with Gasteiger partial charge < -0.3 is 5.73 Å². The molecular formula is C14H24N4. The molecule has 1 saturated heterocycles. The van der Waals surface area contributed by atoms with E-state index in [-0.39, 0.29) is 0 Å². The lowest BCUT2D eigenvalue weighted by molar-refractivity contribution is 0.0926. The van der Waals surface area contributed by atoms with Crippen LogP contribution in [0.2, 0.25) is 0 Å². The van der Waals surface area contributed by atoms with Crippen LogP contribution in [0, 0.1) is 0 Å². The molecule has 2 rings (SSSR count). The van der Waals surface area contributed by atoms with Crippen LogP contribution in [0.1, 0.15) is 18.9 Å². The molecule has 2 heterocycles. The number of nitrogens with zero attached hydrogens (tertiary/aromatic N) is 3. The van der Waals surface area contributed by atoms with Crippen molar-refractivity contribution in [1.82, 2.24) is 14.8 Å². The first-order valence-electron chi connectivity index (χ1n) is 6.89. The minimum absolute atomic E-state index is 0.563. The van der Waals surface area contributed by atoms with Gasteiger partial charge in [-0.2, -0.15) is 0 Å². The van der Waals surface area contributed by atoms with Crippen LogP contribution in [0.3, 0.4) is 0 Å². The predicted molar refractivity (Wildman–Crippen MR) is 74.2 cm³/mol. The molecule has 100 valence electrons. The maximum absolute atomic E-state index is 5.81. The molecule has 1 atom stereocenters. The molecule has 0 radical (unpaired) electrons. The summed E-state index contributed by atoms with van der Waals surface area (Å²) in [4.78, 5) is 9.10. The molecule has 18 heavy (non-hydrogen) atoms. The Morgan fingerprint density at radius 1 is 1.22 bits per heavy atom. The lowest BCUT2D eigenvalue weighted by Crippen LogP contribution is -2.51. The molecule has 1 aromatic heterocycles. The Kier molecular flexibility index (Phi) is 5.11. The van der Waals surface area contributed by atoms with Gasteiger partial charge in [0.1, 0.15) is 0 Å². The van der Waals surface area contributed by atoms with E-state index < -0.39 is 0 Å². The molecule has 1 fully saturated rings. The summed E-state index contributed by atoms with van der Waals surface area (Å²) >= 11 is 0. The quantitative estimate of drug-likeness (QED) is 0.842. The van der Waals surface area contributed by atoms with Crippen LogP contribution in [0.4, 0.5) is 0 Å². The summed E-state index contributed by atoms with van der Waals surface area (Å²) in [5.74, 6) is 0. The van der Waals surface area contributed by atoms with Crippen LogP contribution in [0.15, 0.2) is 24.5 Å². The van der Waals surface area contributed by atoms with E-state index in [1.165, 1.54) is 5.56 Å². The molecule has 4 heteroatoms. The summed E-state index contributed by atoms with van der Waals surface area (Å²) in [5, 5.41) is 0. The maximum Gasteiger partial charge on any atom is 0.0271 e. The van der Waals surface area contributed by atoms with Crippen LogP contribution in [0.5, 0.6) is 0 Å². The summed E-state index contributed by atoms with van der Waals surface area (Å²) < 4.78 is 0. The van der Waals surface area contributed by atoms with Gasteiger partial charge in [-0.05, 0) is 24.1 Å². The molecule has 0 saturated carbocycles. The average Bonchev–Trinajstić information content (AvgIpc) is 2.43. The third kappa shape index (κ3) is 3.51. The van der Waals surface area contributed by atoms with Crippen molar-refractivity contribution in [2.45, 2.75) is 25.9 Å². The van der Waals surface area contributed by atoms with Crippen LogP contribution in [-0.4, -0.2) is 53.5 Å². The van der Waals surface area contributed by atoms with Gasteiger partial charge in [0, 0.05) is 57.7 Å². The lowest BCUT2D eigenvalue weighted by Gasteiger charge is -2.38. The summed E-state index contributed by atoms with van der Waals surface area (Å²) in [7, 11) is 0. The molecule has 4 nitrogen and oxygen atoms in total. The molecule has 1 aliphatic rings. The molecule has 0 aromatic carbocycles. The average molecular weight is 248 g/mol. The second-order valence-corrected chi connectivity index (χ2v) is 4.97. The second kappa shape index (κ2) is 6.83. The van der Waals surface area contributed by atoms with Gasteiger partial charge >= 0.3 is 0 Å². The van der Waals surface area contributed by atoms with Crippen LogP contribution in [-0.2, 0) is 6.54 Å². The van der Waals surface area contributed by atoms with E-state index >= 15 is 0 Å². The Bertz CT molecular complexity index is 329. The number of piperazine rings is 1. The zero-order valence-electron chi connectivity index (χ0n) is 11.3. The number of hydrogen-bond acceptors (Lipinski definition) is 4. The Morgan fingerprint density at radius 3 is 2.44 bits per heavy atom. The molecule has 1 aromatic rings. The fourth-order valence-electron chi connectivity index (χ4n) is 2.61. The van der Waals surface area contributed by atoms with Gasteiger partial charge in [-0.25, -0.2) is 0 Å². The molecule has 0 spiro atoms. The van der Waals surface area contributed by atoms with Crippen LogP contribution in [0.25, 0.3) is 0 Å². The Hall–Kier alpha value is -0.970. The Balaban J connectivity index is 1.80. The maximum atomic E-state index is 5.81. The highest BCUT2D eigenvalue weighted by molar-refractivity contribution is 5.09. The van der Waals surface area contributed by atoms with Crippen molar-refractivity contribution in [1.29, 1.82) is 0 Å². The van der Waals surface area contributed by atoms with Gasteiger partial charge in [-0.1, -0.05) is 6.92 Å². The highest BCUT2D eigenvalue weighted by atomic mass is 15.3. The van der Waals surface area contributed by atoms with Crippen molar-refractivity contribution in [3.05, 3.63) is 30.1 Å². The van der Waals surface area contributed by atoms with Gasteiger partial charge in [-0.15, -0.1) is 0 Å². The zero-order valence-corrected chi connectivity index (χ0v) is 11.3. The van der Waals surface area contributed by atoms with Gasteiger partial charge in [0.15, 0.2) is 0 Å². The third-order valence-electron chi connectivity index (χ3n) is 3.82. The molecule has 1 aliphatic heterocycles. The van der Waals surface area contributed by atoms with Crippen LogP contribution < -0.4 is 5.73 Å². The first kappa shape index (κ1) is 13.5. The summed E-state index contributed by atoms with van der Waals surface area (Å²) in [6.07, 6.45) is 4.89. The van der Waals surface area contributed by atoms with E-state index in [4.69, 9.17) is 5.73 Å². The summed E-state index contributed by atoms with van der Waals surface area (Å²) in [6.45, 7) is 8.59. The largest absolute Gasteiger partial charge is 0.329 e. The molecule has 0 bridgehead atoms. The number of rotatable bonds is 5. The molecule has 0 amide bonds. The minimum atomic E-state index is 0.563. The number of nitrogens with two attached hydrogens (primary N) is 1. The van der Waals surface area contributed by atoms with E-state index in [1.807, 2.05) is 12.4 Å². The van der Waals surface area contributed by atoms with E-state index in [1.54, 1.807) is 0 Å². The highest BCUT2D eigenvalue weighted by Crippen LogP contribution is 2.11. The normalized spacial score (nSPS) is 19.9. The Labute approximate surface area is 110 Å². The topological polar surface area (TPSA) is 45.4 Å². The van der Waals surface area contributed by atoms with Crippen molar-refractivity contribution < 1.29 is 0 Å². The van der Waals surface area contributed by atoms with Crippen molar-refractivity contribution >= 4 is 0 Å². The fourth-order valence-corrected chi connectivity index (χ4v) is 2.61. The highest BCUT2D eigenvalue weighted by Gasteiger charge is 2.21. The van der Waals surface area contributed by atoms with E-state index in [0.29, 0.717) is 6.04 Å². The van der Waals surface area contributed by atoms with E-state index in [0.717, 1.165) is 45.7 Å². The summed E-state index contributed by atoms with van der Waals surface area (Å²) in [6, 6.07) is 4.76. The summed E-state index contributed by atoms with van der Waals surface area (Å²) in [5.41, 5.74) is 7.16. The molecule has 1 unspecified atom stereocenters. The molecule has 2 N–H and O–H groups in total. The van der Waals surface area contributed by atoms with Crippen molar-refractivity contribution in [3.8, 4) is 0 Å². The molecular weight excluding hydrogens is 224 g/mol. The number of hydrogen-bond donors (Lipinski definition) is 1. The van der Waals surface area contributed by atoms with Crippen molar-refractivity contribution in [2.24, 2.45) is 5.73 Å². The van der Waals surface area contributed by atoms with E-state index in [2.05, 4.69) is 33.8 Å². The minimum Gasteiger partial charge on any atom is -0.329 e. The lowest BCUT2D eigenvalue weighted by atomic mass is 10.1. The third-order valence-corrected chi connectivity index (χ3v) is 3.82.